The van der Waals surface area contributed by atoms with Gasteiger partial charge in [-0.25, -0.2) is 0 Å². The summed E-state index contributed by atoms with van der Waals surface area (Å²) in [6, 6.07) is 15.9. The van der Waals surface area contributed by atoms with Gasteiger partial charge in [-0.2, -0.15) is 0 Å². The van der Waals surface area contributed by atoms with E-state index in [1.807, 2.05) is 61.2 Å². The fourth-order valence-corrected chi connectivity index (χ4v) is 3.73. The number of rotatable bonds is 6. The fraction of sp³-hybridized carbons (Fsp3) is 0.391. The summed E-state index contributed by atoms with van der Waals surface area (Å²) in [5, 5.41) is 0. The summed E-state index contributed by atoms with van der Waals surface area (Å²) in [6.45, 7) is 7.32. The van der Waals surface area contributed by atoms with Gasteiger partial charge in [0.1, 0.15) is 0 Å². The topological polar surface area (TPSA) is 40.6 Å². The van der Waals surface area contributed by atoms with Gasteiger partial charge in [0.2, 0.25) is 11.8 Å². The van der Waals surface area contributed by atoms with Gasteiger partial charge in [-0.15, -0.1) is 0 Å². The van der Waals surface area contributed by atoms with Crippen LogP contribution in [0, 0.1) is 19.8 Å². The fourth-order valence-electron chi connectivity index (χ4n) is 3.73. The Morgan fingerprint density at radius 3 is 2.56 bits per heavy atom. The molecule has 0 aromatic heterocycles. The molecule has 4 nitrogen and oxygen atoms in total. The summed E-state index contributed by atoms with van der Waals surface area (Å²) in [4.78, 5) is 29.5. The molecule has 142 valence electrons. The number of anilines is 2. The largest absolute Gasteiger partial charge is 0.312 e. The zero-order valence-corrected chi connectivity index (χ0v) is 16.4. The number of benzene rings is 2. The SMILES string of the molecule is CCCCN(C(=O)C1CC(=O)N(c2ccc(C)cc2C)C1)c1ccccc1. The molecule has 2 amide bonds. The lowest BCUT2D eigenvalue weighted by atomic mass is 10.1. The van der Waals surface area contributed by atoms with Crippen molar-refractivity contribution < 1.29 is 9.59 Å². The molecular weight excluding hydrogens is 336 g/mol. The normalized spacial score (nSPS) is 16.6. The first-order valence-electron chi connectivity index (χ1n) is 9.75. The van der Waals surface area contributed by atoms with Gasteiger partial charge in [-0.1, -0.05) is 49.2 Å². The van der Waals surface area contributed by atoms with Gasteiger partial charge in [0.05, 0.1) is 5.92 Å². The molecule has 0 spiro atoms. The number of carbonyl (C=O) groups excluding carboxylic acids is 2. The molecule has 2 aromatic rings. The molecule has 1 aliphatic heterocycles. The molecule has 2 aromatic carbocycles. The second-order valence-corrected chi connectivity index (χ2v) is 7.37. The summed E-state index contributed by atoms with van der Waals surface area (Å²) in [5.41, 5.74) is 4.07. The number of unbranched alkanes of at least 4 members (excludes halogenated alkanes) is 1. The molecule has 1 heterocycles. The number of carbonyl (C=O) groups is 2. The highest BCUT2D eigenvalue weighted by Crippen LogP contribution is 2.30. The van der Waals surface area contributed by atoms with Crippen LogP contribution in [0.5, 0.6) is 0 Å². The van der Waals surface area contributed by atoms with E-state index < -0.39 is 0 Å². The Hall–Kier alpha value is -2.62. The average Bonchev–Trinajstić information content (AvgIpc) is 3.04. The number of nitrogens with zero attached hydrogens (tertiary/aromatic N) is 2. The van der Waals surface area contributed by atoms with Crippen LogP contribution in [0.2, 0.25) is 0 Å². The molecule has 0 N–H and O–H groups in total. The van der Waals surface area contributed by atoms with Crippen LogP contribution in [-0.4, -0.2) is 24.9 Å². The van der Waals surface area contributed by atoms with Crippen molar-refractivity contribution in [3.8, 4) is 0 Å². The number of aryl methyl sites for hydroxylation is 2. The van der Waals surface area contributed by atoms with E-state index in [0.29, 0.717) is 13.1 Å². The third kappa shape index (κ3) is 4.21. The highest BCUT2D eigenvalue weighted by atomic mass is 16.2. The van der Waals surface area contributed by atoms with Crippen molar-refractivity contribution >= 4 is 23.2 Å². The second kappa shape index (κ2) is 8.38. The Balaban J connectivity index is 1.80. The first-order valence-corrected chi connectivity index (χ1v) is 9.75. The van der Waals surface area contributed by atoms with Crippen molar-refractivity contribution in [1.29, 1.82) is 0 Å². The summed E-state index contributed by atoms with van der Waals surface area (Å²) in [6.07, 6.45) is 2.25. The molecule has 0 aliphatic carbocycles. The van der Waals surface area contributed by atoms with Crippen molar-refractivity contribution in [3.05, 3.63) is 59.7 Å². The minimum Gasteiger partial charge on any atom is -0.312 e. The Kier molecular flexibility index (Phi) is 5.94. The zero-order chi connectivity index (χ0) is 19.4. The van der Waals surface area contributed by atoms with Crippen LogP contribution in [0.25, 0.3) is 0 Å². The number of amides is 2. The predicted octanol–water partition coefficient (Wildman–Crippen LogP) is 4.49. The lowest BCUT2D eigenvalue weighted by Gasteiger charge is -2.26. The third-order valence-electron chi connectivity index (χ3n) is 5.19. The molecule has 1 aliphatic rings. The smallest absolute Gasteiger partial charge is 0.232 e. The van der Waals surface area contributed by atoms with Crippen LogP contribution in [0.3, 0.4) is 0 Å². The van der Waals surface area contributed by atoms with Crippen LogP contribution >= 0.6 is 0 Å². The van der Waals surface area contributed by atoms with Crippen LogP contribution in [0.1, 0.15) is 37.3 Å². The Labute approximate surface area is 161 Å². The molecule has 27 heavy (non-hydrogen) atoms. The van der Waals surface area contributed by atoms with Gasteiger partial charge in [-0.3, -0.25) is 9.59 Å². The maximum Gasteiger partial charge on any atom is 0.232 e. The van der Waals surface area contributed by atoms with Crippen molar-refractivity contribution in [3.63, 3.8) is 0 Å². The maximum atomic E-state index is 13.3. The summed E-state index contributed by atoms with van der Waals surface area (Å²) < 4.78 is 0. The Morgan fingerprint density at radius 2 is 1.89 bits per heavy atom. The predicted molar refractivity (Wildman–Crippen MR) is 110 cm³/mol. The van der Waals surface area contributed by atoms with Crippen LogP contribution in [-0.2, 0) is 9.59 Å². The van der Waals surface area contributed by atoms with Gasteiger partial charge in [0.25, 0.3) is 0 Å². The first kappa shape index (κ1) is 19.2. The standard InChI is InChI=1S/C23H28N2O2/c1-4-5-13-24(20-9-7-6-8-10-20)23(27)19-15-22(26)25(16-19)21-12-11-17(2)14-18(21)3/h6-12,14,19H,4-5,13,15-16H2,1-3H3. The Morgan fingerprint density at radius 1 is 1.15 bits per heavy atom. The molecule has 1 unspecified atom stereocenters. The van der Waals surface area contributed by atoms with Gasteiger partial charge in [0, 0.05) is 30.9 Å². The van der Waals surface area contributed by atoms with E-state index in [1.54, 1.807) is 4.90 Å². The molecule has 0 radical (unpaired) electrons. The molecule has 3 rings (SSSR count). The van der Waals surface area contributed by atoms with Crippen molar-refractivity contribution in [2.75, 3.05) is 22.9 Å². The second-order valence-electron chi connectivity index (χ2n) is 7.37. The highest BCUT2D eigenvalue weighted by molar-refractivity contribution is 6.04. The maximum absolute atomic E-state index is 13.3. The lowest BCUT2D eigenvalue weighted by Crippen LogP contribution is -2.38. The number of hydrogen-bond acceptors (Lipinski definition) is 2. The van der Waals surface area contributed by atoms with Gasteiger partial charge in [-0.05, 0) is 44.0 Å². The average molecular weight is 364 g/mol. The van der Waals surface area contributed by atoms with Gasteiger partial charge in [0.15, 0.2) is 0 Å². The summed E-state index contributed by atoms with van der Waals surface area (Å²) >= 11 is 0. The molecule has 0 bridgehead atoms. The molecule has 4 heteroatoms. The number of para-hydroxylation sites is 1. The van der Waals surface area contributed by atoms with E-state index in [0.717, 1.165) is 29.8 Å². The van der Waals surface area contributed by atoms with Gasteiger partial charge < -0.3 is 9.80 Å². The summed E-state index contributed by atoms with van der Waals surface area (Å²) in [5.74, 6) is -0.214. The van der Waals surface area contributed by atoms with Crippen molar-refractivity contribution in [2.24, 2.45) is 5.92 Å². The van der Waals surface area contributed by atoms with Crippen molar-refractivity contribution in [2.45, 2.75) is 40.0 Å². The van der Waals surface area contributed by atoms with Crippen LogP contribution in [0.15, 0.2) is 48.5 Å². The van der Waals surface area contributed by atoms with E-state index >= 15 is 0 Å². The van der Waals surface area contributed by atoms with E-state index in [2.05, 4.69) is 13.0 Å². The highest BCUT2D eigenvalue weighted by Gasteiger charge is 2.37. The van der Waals surface area contributed by atoms with E-state index in [1.165, 1.54) is 5.56 Å². The number of hydrogen-bond donors (Lipinski definition) is 0. The van der Waals surface area contributed by atoms with Gasteiger partial charge >= 0.3 is 0 Å². The zero-order valence-electron chi connectivity index (χ0n) is 16.4. The minimum absolute atomic E-state index is 0.0313. The molecule has 1 fully saturated rings. The van der Waals surface area contributed by atoms with E-state index in [9.17, 15) is 9.59 Å². The lowest BCUT2D eigenvalue weighted by molar-refractivity contribution is -0.124. The van der Waals surface area contributed by atoms with Crippen LogP contribution in [0.4, 0.5) is 11.4 Å². The molecule has 0 saturated carbocycles. The monoisotopic (exact) mass is 364 g/mol. The van der Waals surface area contributed by atoms with Crippen molar-refractivity contribution in [1.82, 2.24) is 0 Å². The molecular formula is C23H28N2O2. The minimum atomic E-state index is -0.296. The summed E-state index contributed by atoms with van der Waals surface area (Å²) in [7, 11) is 0. The van der Waals surface area contributed by atoms with E-state index in [-0.39, 0.29) is 24.2 Å². The quantitative estimate of drug-likeness (QED) is 0.758. The third-order valence-corrected chi connectivity index (χ3v) is 5.19. The Bertz CT molecular complexity index is 816. The van der Waals surface area contributed by atoms with Crippen LogP contribution < -0.4 is 9.80 Å². The molecule has 1 saturated heterocycles. The van der Waals surface area contributed by atoms with E-state index in [4.69, 9.17) is 0 Å². The molecule has 1 atom stereocenters. The first-order chi connectivity index (χ1) is 13.0.